The van der Waals surface area contributed by atoms with Crippen LogP contribution < -0.4 is 9.53 Å². The molecule has 2 aromatic carbocycles. The van der Waals surface area contributed by atoms with E-state index < -0.39 is 0 Å². The van der Waals surface area contributed by atoms with Crippen LogP contribution in [0.15, 0.2) is 42.5 Å². The summed E-state index contributed by atoms with van der Waals surface area (Å²) < 4.78 is 5.58. The van der Waals surface area contributed by atoms with Crippen LogP contribution in [0.25, 0.3) is 5.69 Å². The number of carbonyl (C=O) groups is 1. The summed E-state index contributed by atoms with van der Waals surface area (Å²) in [6.07, 6.45) is 0.571. The van der Waals surface area contributed by atoms with E-state index in [1.54, 1.807) is 12.1 Å². The number of aromatic nitrogens is 5. The molecule has 3 rings (SSSR count). The van der Waals surface area contributed by atoms with Gasteiger partial charge in [-0.3, -0.25) is 4.79 Å². The number of aromatic hydroxyl groups is 1. The van der Waals surface area contributed by atoms with Gasteiger partial charge < -0.3 is 9.84 Å². The second-order valence-corrected chi connectivity index (χ2v) is 4.45. The third-order valence-electron chi connectivity index (χ3n) is 3.05. The van der Waals surface area contributed by atoms with Crippen molar-refractivity contribution in [2.24, 2.45) is 0 Å². The molecule has 8 nitrogen and oxygen atoms in total. The van der Waals surface area contributed by atoms with Crippen LogP contribution >= 0.6 is 0 Å². The summed E-state index contributed by atoms with van der Waals surface area (Å²) in [7, 11) is 0. The van der Waals surface area contributed by atoms with Gasteiger partial charge in [0, 0.05) is 0 Å². The number of phenols is 1. The Morgan fingerprint density at radius 2 is 2.05 bits per heavy atom. The van der Waals surface area contributed by atoms with E-state index in [9.17, 15) is 9.90 Å². The number of carbonyl (C=O) groups excluding carboxylic acids is 1. The molecule has 1 heterocycles. The minimum Gasteiger partial charge on any atom is -0.507 e. The molecular weight excluding hydrogens is 286 g/mol. The molecule has 3 aromatic rings. The molecule has 0 saturated carbocycles. The molecule has 0 aliphatic heterocycles. The van der Waals surface area contributed by atoms with Crippen molar-refractivity contribution in [2.75, 3.05) is 0 Å². The Hall–Kier alpha value is -3.29. The third-order valence-corrected chi connectivity index (χ3v) is 3.05. The molecule has 0 saturated heterocycles. The Bertz CT molecular complexity index is 772. The van der Waals surface area contributed by atoms with Gasteiger partial charge in [0.1, 0.15) is 23.3 Å². The highest BCUT2D eigenvalue weighted by atomic mass is 16.5. The quantitative estimate of drug-likeness (QED) is 0.527. The van der Waals surface area contributed by atoms with Crippen LogP contribution in [0.5, 0.6) is 11.5 Å². The average Bonchev–Trinajstić information content (AvgIpc) is 3.08. The predicted octanol–water partition coefficient (Wildman–Crippen LogP) is 0.573. The van der Waals surface area contributed by atoms with Gasteiger partial charge in [0.15, 0.2) is 12.0 Å². The number of hydrogen-bond acceptors (Lipinski definition) is 6. The summed E-state index contributed by atoms with van der Waals surface area (Å²) in [5.41, 5.74) is 1.82. The van der Waals surface area contributed by atoms with Crippen molar-refractivity contribution in [1.29, 1.82) is 0 Å². The Morgan fingerprint density at radius 1 is 1.23 bits per heavy atom. The zero-order valence-corrected chi connectivity index (χ0v) is 11.4. The maximum atomic E-state index is 11.0. The summed E-state index contributed by atoms with van der Waals surface area (Å²) >= 11 is 0. The van der Waals surface area contributed by atoms with Gasteiger partial charge in [-0.25, -0.2) is 0 Å². The average molecular weight is 298 g/mol. The number of phenolic OH excluding ortho intramolecular Hbond substituents is 1. The van der Waals surface area contributed by atoms with Crippen LogP contribution in [-0.2, 0) is 6.61 Å². The Kier molecular flexibility index (Phi) is 3.73. The molecule has 1 aromatic heterocycles. The maximum Gasteiger partial charge on any atom is 0.231 e. The predicted molar refractivity (Wildman–Crippen MR) is 73.5 cm³/mol. The topological polar surface area (TPSA) is 105 Å². The number of nitrogens with zero attached hydrogens (tertiary/aromatic N) is 4. The molecule has 0 fully saturated rings. The van der Waals surface area contributed by atoms with E-state index in [4.69, 9.17) is 4.74 Å². The normalized spacial score (nSPS) is 10.4. The minimum atomic E-state index is -0.0999. The van der Waals surface area contributed by atoms with Crippen molar-refractivity contribution >= 4 is 6.29 Å². The molecule has 0 aliphatic rings. The van der Waals surface area contributed by atoms with Crippen molar-refractivity contribution in [2.45, 2.75) is 6.61 Å². The number of hydrogen-bond donors (Lipinski definition) is 2. The Labute approximate surface area is 124 Å². The molecule has 0 atom stereocenters. The van der Waals surface area contributed by atoms with Crippen LogP contribution in [0.3, 0.4) is 0 Å². The van der Waals surface area contributed by atoms with Crippen molar-refractivity contribution in [3.8, 4) is 17.2 Å². The first kappa shape index (κ1) is 13.7. The van der Waals surface area contributed by atoms with Gasteiger partial charge in [0.25, 0.3) is 0 Å². The van der Waals surface area contributed by atoms with Gasteiger partial charge in [-0.15, -0.1) is 0 Å². The summed E-state index contributed by atoms with van der Waals surface area (Å²) in [6.45, 7) is 0.268. The van der Waals surface area contributed by atoms with E-state index >= 15 is 0 Å². The van der Waals surface area contributed by atoms with Gasteiger partial charge in [0.2, 0.25) is 10.4 Å². The molecule has 0 unspecified atom stereocenters. The highest BCUT2D eigenvalue weighted by Gasteiger charge is 2.09. The number of aromatic amines is 1. The molecule has 22 heavy (non-hydrogen) atoms. The first-order chi connectivity index (χ1) is 10.8. The zero-order valence-electron chi connectivity index (χ0n) is 11.4. The van der Waals surface area contributed by atoms with Gasteiger partial charge >= 0.3 is 0 Å². The van der Waals surface area contributed by atoms with Crippen LogP contribution in [0.4, 0.5) is 0 Å². The molecule has 110 valence electrons. The molecule has 2 N–H and O–H groups in total. The summed E-state index contributed by atoms with van der Waals surface area (Å²) in [5, 5.41) is 22.9. The van der Waals surface area contributed by atoms with Gasteiger partial charge in [-0.2, -0.15) is 0 Å². The standard InChI is InChI=1S/C14H11N5O3/c20-8-12-13(21)2-1-3-14(12)22-9-10-4-6-11(7-5-10)19-17-15-16-18-19/h1-8H,9H2,(H,20,21)/p+1. The molecule has 0 bridgehead atoms. The number of H-pyrrole nitrogens is 1. The van der Waals surface area contributed by atoms with Crippen LogP contribution in [0, 0.1) is 0 Å². The van der Waals surface area contributed by atoms with E-state index in [-0.39, 0.29) is 17.9 Å². The summed E-state index contributed by atoms with van der Waals surface area (Å²) in [5.74, 6) is 0.241. The summed E-state index contributed by atoms with van der Waals surface area (Å²) in [4.78, 5) is 12.4. The van der Waals surface area contributed by atoms with Gasteiger partial charge in [0.05, 0.1) is 5.56 Å². The van der Waals surface area contributed by atoms with E-state index in [2.05, 4.69) is 20.9 Å². The number of rotatable bonds is 5. The molecular formula is C14H12N5O3+. The Balaban J connectivity index is 1.72. The lowest BCUT2D eigenvalue weighted by Gasteiger charge is -2.09. The van der Waals surface area contributed by atoms with Crippen LogP contribution in [-0.4, -0.2) is 32.2 Å². The smallest absolute Gasteiger partial charge is 0.231 e. The number of ether oxygens (including phenoxy) is 1. The Morgan fingerprint density at radius 3 is 2.73 bits per heavy atom. The largest absolute Gasteiger partial charge is 0.507 e. The molecule has 0 spiro atoms. The van der Waals surface area contributed by atoms with E-state index in [1.165, 1.54) is 10.9 Å². The van der Waals surface area contributed by atoms with E-state index in [0.717, 1.165) is 11.3 Å². The molecule has 0 aliphatic carbocycles. The SMILES string of the molecule is O=Cc1c(O)cccc1OCc1ccc(-[n+]2nnn[nH]2)cc1. The first-order valence-corrected chi connectivity index (χ1v) is 6.43. The number of benzene rings is 2. The number of aldehydes is 1. The van der Waals surface area contributed by atoms with E-state index in [0.29, 0.717) is 12.0 Å². The van der Waals surface area contributed by atoms with Crippen molar-refractivity contribution < 1.29 is 19.4 Å². The van der Waals surface area contributed by atoms with E-state index in [1.807, 2.05) is 24.3 Å². The maximum absolute atomic E-state index is 11.0. The lowest BCUT2D eigenvalue weighted by Crippen LogP contribution is -2.36. The summed E-state index contributed by atoms with van der Waals surface area (Å²) in [6, 6.07) is 12.1. The molecule has 0 amide bonds. The third kappa shape index (κ3) is 2.75. The first-order valence-electron chi connectivity index (χ1n) is 6.43. The fourth-order valence-electron chi connectivity index (χ4n) is 1.92. The fraction of sp³-hybridized carbons (Fsp3) is 0.0714. The van der Waals surface area contributed by atoms with Crippen molar-refractivity contribution in [1.82, 2.24) is 20.9 Å². The second kappa shape index (κ2) is 6.00. The fourth-order valence-corrected chi connectivity index (χ4v) is 1.92. The van der Waals surface area contributed by atoms with Crippen LogP contribution in [0.1, 0.15) is 15.9 Å². The van der Waals surface area contributed by atoms with Crippen molar-refractivity contribution in [3.63, 3.8) is 0 Å². The second-order valence-electron chi connectivity index (χ2n) is 4.45. The van der Waals surface area contributed by atoms with Crippen molar-refractivity contribution in [3.05, 3.63) is 53.6 Å². The highest BCUT2D eigenvalue weighted by Crippen LogP contribution is 2.26. The monoisotopic (exact) mass is 298 g/mol. The molecule has 8 heteroatoms. The lowest BCUT2D eigenvalue weighted by molar-refractivity contribution is -0.719. The zero-order chi connectivity index (χ0) is 15.4. The highest BCUT2D eigenvalue weighted by molar-refractivity contribution is 5.83. The number of nitrogens with one attached hydrogen (secondary N) is 1. The van der Waals surface area contributed by atoms with Gasteiger partial charge in [-0.05, 0) is 39.8 Å². The van der Waals surface area contributed by atoms with Crippen LogP contribution in [0.2, 0.25) is 0 Å². The van der Waals surface area contributed by atoms with Gasteiger partial charge in [-0.1, -0.05) is 18.2 Å². The lowest BCUT2D eigenvalue weighted by atomic mass is 10.2. The molecule has 0 radical (unpaired) electrons. The minimum absolute atomic E-state index is 0.0999.